The van der Waals surface area contributed by atoms with E-state index in [4.69, 9.17) is 24.1 Å². The van der Waals surface area contributed by atoms with Gasteiger partial charge in [0.15, 0.2) is 0 Å². The maximum Gasteiger partial charge on any atom is 0.105 e. The fourth-order valence-corrected chi connectivity index (χ4v) is 3.16. The summed E-state index contributed by atoms with van der Waals surface area (Å²) in [6, 6.07) is 0. The minimum absolute atomic E-state index is 0.0497. The summed E-state index contributed by atoms with van der Waals surface area (Å²) >= 11 is 0. The van der Waals surface area contributed by atoms with Crippen LogP contribution in [0, 0.1) is 0 Å². The molecule has 2 N–H and O–H groups in total. The number of aliphatic hydroxyl groups is 2. The highest BCUT2D eigenvalue weighted by atomic mass is 16.6. The molecule has 0 aliphatic carbocycles. The zero-order valence-electron chi connectivity index (χ0n) is 17.3. The number of ether oxygens (including phenoxy) is 4. The highest BCUT2D eigenvalue weighted by molar-refractivity contribution is 4.67. The Bertz CT molecular complexity index is 315. The van der Waals surface area contributed by atoms with E-state index < -0.39 is 6.10 Å². The van der Waals surface area contributed by atoms with Crippen LogP contribution < -0.4 is 0 Å². The Morgan fingerprint density at radius 3 is 2.11 bits per heavy atom. The SMILES string of the molecule is CCCCCCCCCCCCOCC(O)COCC1COCC(CO)O1. The van der Waals surface area contributed by atoms with E-state index in [-0.39, 0.29) is 25.4 Å². The second kappa shape index (κ2) is 17.8. The Morgan fingerprint density at radius 1 is 0.852 bits per heavy atom. The topological polar surface area (TPSA) is 77.4 Å². The predicted octanol–water partition coefficient (Wildman–Crippen LogP) is 3.08. The molecule has 0 amide bonds. The molecule has 0 aromatic heterocycles. The first-order valence-corrected chi connectivity index (χ1v) is 10.9. The van der Waals surface area contributed by atoms with Gasteiger partial charge in [0.1, 0.15) is 18.3 Å². The van der Waals surface area contributed by atoms with Gasteiger partial charge in [0.25, 0.3) is 0 Å². The molecule has 1 aliphatic heterocycles. The molecule has 0 aromatic carbocycles. The second-order valence-corrected chi connectivity index (χ2v) is 7.55. The summed E-state index contributed by atoms with van der Waals surface area (Å²) in [5.74, 6) is 0. The van der Waals surface area contributed by atoms with Crippen LogP contribution in [0.3, 0.4) is 0 Å². The molecule has 3 unspecified atom stereocenters. The maximum atomic E-state index is 9.88. The number of rotatable bonds is 18. The van der Waals surface area contributed by atoms with Crippen LogP contribution in [0.1, 0.15) is 71.1 Å². The van der Waals surface area contributed by atoms with Crippen molar-refractivity contribution in [3.8, 4) is 0 Å². The molecule has 1 heterocycles. The van der Waals surface area contributed by atoms with Crippen LogP contribution in [0.4, 0.5) is 0 Å². The van der Waals surface area contributed by atoms with Gasteiger partial charge in [-0.15, -0.1) is 0 Å². The van der Waals surface area contributed by atoms with E-state index in [1.54, 1.807) is 0 Å². The van der Waals surface area contributed by atoms with E-state index in [0.717, 1.165) is 6.42 Å². The van der Waals surface area contributed by atoms with Gasteiger partial charge >= 0.3 is 0 Å². The van der Waals surface area contributed by atoms with Crippen LogP contribution in [0.5, 0.6) is 0 Å². The lowest BCUT2D eigenvalue weighted by Gasteiger charge is -2.29. The summed E-state index contributed by atoms with van der Waals surface area (Å²) in [7, 11) is 0. The van der Waals surface area contributed by atoms with Crippen molar-refractivity contribution in [2.45, 2.75) is 89.4 Å². The molecule has 3 atom stereocenters. The number of hydrogen-bond acceptors (Lipinski definition) is 6. The van der Waals surface area contributed by atoms with E-state index in [2.05, 4.69) is 6.92 Å². The van der Waals surface area contributed by atoms with Gasteiger partial charge in [0.05, 0.1) is 39.6 Å². The molecule has 6 heteroatoms. The third-order valence-corrected chi connectivity index (χ3v) is 4.76. The van der Waals surface area contributed by atoms with Crippen LogP contribution in [0.15, 0.2) is 0 Å². The Kier molecular flexibility index (Phi) is 16.4. The van der Waals surface area contributed by atoms with Gasteiger partial charge in [0, 0.05) is 6.61 Å². The summed E-state index contributed by atoms with van der Waals surface area (Å²) in [5, 5.41) is 18.9. The fourth-order valence-electron chi connectivity index (χ4n) is 3.16. The minimum atomic E-state index is -0.619. The molecule has 0 saturated carbocycles. The molecule has 0 aromatic rings. The van der Waals surface area contributed by atoms with Gasteiger partial charge in [-0.2, -0.15) is 0 Å². The van der Waals surface area contributed by atoms with Crippen LogP contribution in [-0.2, 0) is 18.9 Å². The van der Waals surface area contributed by atoms with E-state index in [1.807, 2.05) is 0 Å². The average molecular weight is 391 g/mol. The Morgan fingerprint density at radius 2 is 1.44 bits per heavy atom. The lowest BCUT2D eigenvalue weighted by Crippen LogP contribution is -2.41. The third-order valence-electron chi connectivity index (χ3n) is 4.76. The van der Waals surface area contributed by atoms with E-state index in [0.29, 0.717) is 33.0 Å². The maximum absolute atomic E-state index is 9.88. The Balaban J connectivity index is 1.81. The number of hydrogen-bond donors (Lipinski definition) is 2. The summed E-state index contributed by atoms with van der Waals surface area (Å²) in [6.07, 6.45) is 12.0. The third kappa shape index (κ3) is 14.4. The van der Waals surface area contributed by atoms with Crippen LogP contribution in [-0.4, -0.2) is 74.8 Å². The summed E-state index contributed by atoms with van der Waals surface area (Å²) in [6.45, 7) is 4.66. The Hall–Kier alpha value is -0.240. The van der Waals surface area contributed by atoms with Crippen molar-refractivity contribution in [1.29, 1.82) is 0 Å². The molecule has 1 saturated heterocycles. The lowest BCUT2D eigenvalue weighted by molar-refractivity contribution is -0.171. The molecule has 6 nitrogen and oxygen atoms in total. The normalized spacial score (nSPS) is 21.4. The monoisotopic (exact) mass is 390 g/mol. The van der Waals surface area contributed by atoms with Crippen LogP contribution >= 0.6 is 0 Å². The van der Waals surface area contributed by atoms with Crippen molar-refractivity contribution in [2.24, 2.45) is 0 Å². The van der Waals surface area contributed by atoms with Crippen molar-refractivity contribution in [3.05, 3.63) is 0 Å². The zero-order valence-corrected chi connectivity index (χ0v) is 17.3. The fraction of sp³-hybridized carbons (Fsp3) is 1.00. The summed E-state index contributed by atoms with van der Waals surface area (Å²) < 4.78 is 21.9. The highest BCUT2D eigenvalue weighted by Gasteiger charge is 2.22. The van der Waals surface area contributed by atoms with Crippen LogP contribution in [0.2, 0.25) is 0 Å². The average Bonchev–Trinajstić information content (AvgIpc) is 2.69. The largest absolute Gasteiger partial charge is 0.394 e. The van der Waals surface area contributed by atoms with Gasteiger partial charge in [-0.25, -0.2) is 0 Å². The van der Waals surface area contributed by atoms with Gasteiger partial charge < -0.3 is 29.2 Å². The highest BCUT2D eigenvalue weighted by Crippen LogP contribution is 2.11. The van der Waals surface area contributed by atoms with Crippen LogP contribution in [0.25, 0.3) is 0 Å². The molecular formula is C21H42O6. The van der Waals surface area contributed by atoms with E-state index >= 15 is 0 Å². The molecule has 1 rings (SSSR count). The lowest BCUT2D eigenvalue weighted by atomic mass is 10.1. The van der Waals surface area contributed by atoms with Crippen molar-refractivity contribution in [1.82, 2.24) is 0 Å². The van der Waals surface area contributed by atoms with Crippen molar-refractivity contribution >= 4 is 0 Å². The van der Waals surface area contributed by atoms with Gasteiger partial charge in [-0.1, -0.05) is 64.7 Å². The van der Waals surface area contributed by atoms with Gasteiger partial charge in [-0.05, 0) is 6.42 Å². The molecular weight excluding hydrogens is 348 g/mol. The summed E-state index contributed by atoms with van der Waals surface area (Å²) in [5.41, 5.74) is 0. The molecule has 0 spiro atoms. The quantitative estimate of drug-likeness (QED) is 0.350. The van der Waals surface area contributed by atoms with E-state index in [1.165, 1.54) is 57.8 Å². The number of unbranched alkanes of at least 4 members (excludes halogenated alkanes) is 9. The van der Waals surface area contributed by atoms with Gasteiger partial charge in [-0.3, -0.25) is 0 Å². The first-order chi connectivity index (χ1) is 13.3. The standard InChI is InChI=1S/C21H42O6/c1-2-3-4-5-6-7-8-9-10-11-12-24-14-19(23)15-25-17-21-18-26-16-20(13-22)27-21/h19-23H,2-18H2,1H3. The first kappa shape index (κ1) is 24.8. The molecule has 0 bridgehead atoms. The first-order valence-electron chi connectivity index (χ1n) is 10.9. The second-order valence-electron chi connectivity index (χ2n) is 7.55. The predicted molar refractivity (Wildman–Crippen MR) is 106 cm³/mol. The minimum Gasteiger partial charge on any atom is -0.394 e. The summed E-state index contributed by atoms with van der Waals surface area (Å²) in [4.78, 5) is 0. The van der Waals surface area contributed by atoms with Crippen molar-refractivity contribution < 1.29 is 29.2 Å². The molecule has 27 heavy (non-hydrogen) atoms. The zero-order chi connectivity index (χ0) is 19.6. The molecule has 1 fully saturated rings. The van der Waals surface area contributed by atoms with Crippen molar-refractivity contribution in [2.75, 3.05) is 46.2 Å². The molecule has 0 radical (unpaired) electrons. The Labute approximate surface area is 165 Å². The van der Waals surface area contributed by atoms with Crippen molar-refractivity contribution in [3.63, 3.8) is 0 Å². The molecule has 1 aliphatic rings. The molecule has 162 valence electrons. The smallest absolute Gasteiger partial charge is 0.105 e. The number of aliphatic hydroxyl groups excluding tert-OH is 2. The van der Waals surface area contributed by atoms with E-state index in [9.17, 15) is 5.11 Å². The van der Waals surface area contributed by atoms with Gasteiger partial charge in [0.2, 0.25) is 0 Å².